The Morgan fingerprint density at radius 3 is 2.65 bits per heavy atom. The zero-order valence-corrected chi connectivity index (χ0v) is 14.3. The van der Waals surface area contributed by atoms with Gasteiger partial charge in [-0.1, -0.05) is 6.92 Å². The van der Waals surface area contributed by atoms with Gasteiger partial charge in [-0.2, -0.15) is 0 Å². The maximum Gasteiger partial charge on any atom is 0.329 e. The van der Waals surface area contributed by atoms with Crippen molar-refractivity contribution in [1.82, 2.24) is 9.55 Å². The van der Waals surface area contributed by atoms with E-state index >= 15 is 0 Å². The monoisotopic (exact) mass is 337 g/mol. The summed E-state index contributed by atoms with van der Waals surface area (Å²) in [7, 11) is 0. The van der Waals surface area contributed by atoms with E-state index in [9.17, 15) is 14.4 Å². The lowest BCUT2D eigenvalue weighted by molar-refractivity contribution is -0.152. The van der Waals surface area contributed by atoms with Crippen molar-refractivity contribution in [2.45, 2.75) is 46.3 Å². The van der Waals surface area contributed by atoms with Crippen molar-refractivity contribution < 1.29 is 14.3 Å². The fourth-order valence-corrected chi connectivity index (χ4v) is 3.13. The van der Waals surface area contributed by atoms with Crippen LogP contribution in [0.4, 0.5) is 0 Å². The molecule has 7 nitrogen and oxygen atoms in total. The van der Waals surface area contributed by atoms with Crippen LogP contribution in [-0.4, -0.2) is 27.5 Å². The predicted molar refractivity (Wildman–Crippen MR) is 87.7 cm³/mol. The van der Waals surface area contributed by atoms with Crippen molar-refractivity contribution in [1.29, 1.82) is 0 Å². The zero-order valence-electron chi connectivity index (χ0n) is 13.5. The predicted octanol–water partition coefficient (Wildman–Crippen LogP) is 1.77. The molecule has 0 spiro atoms. The number of aryl methyl sites for hydroxylation is 1. The van der Waals surface area contributed by atoms with Crippen LogP contribution in [0.15, 0.2) is 11.1 Å². The number of esters is 1. The molecule has 23 heavy (non-hydrogen) atoms. The number of nitrogens with two attached hydrogens (primary N) is 1. The van der Waals surface area contributed by atoms with Crippen LogP contribution in [0.3, 0.4) is 0 Å². The first kappa shape index (κ1) is 17.1. The van der Waals surface area contributed by atoms with Gasteiger partial charge in [0.2, 0.25) is 0 Å². The second-order valence-corrected chi connectivity index (χ2v) is 6.39. The number of hydrogen-bond acceptors (Lipinski definition) is 6. The number of carbonyl (C=O) groups excluding carboxylic acids is 2. The van der Waals surface area contributed by atoms with Crippen molar-refractivity contribution in [2.24, 2.45) is 5.73 Å². The summed E-state index contributed by atoms with van der Waals surface area (Å²) in [6, 6.07) is -0.801. The maximum absolute atomic E-state index is 12.7. The van der Waals surface area contributed by atoms with Gasteiger partial charge in [0.05, 0.1) is 22.7 Å². The minimum atomic E-state index is -0.801. The molecule has 0 saturated heterocycles. The third kappa shape index (κ3) is 3.12. The molecule has 1 amide bonds. The number of thiophene rings is 1. The van der Waals surface area contributed by atoms with Crippen LogP contribution < -0.4 is 11.3 Å². The Morgan fingerprint density at radius 2 is 2.09 bits per heavy atom. The molecule has 0 unspecified atom stereocenters. The molecule has 0 aliphatic carbocycles. The van der Waals surface area contributed by atoms with Gasteiger partial charge in [0.1, 0.15) is 10.9 Å². The normalized spacial score (nSPS) is 13.7. The maximum atomic E-state index is 12.7. The number of fused-ring (bicyclic) bond motifs is 1. The fraction of sp³-hybridized carbons (Fsp3) is 0.467. The molecule has 2 aromatic heterocycles. The molecule has 2 aromatic rings. The summed E-state index contributed by atoms with van der Waals surface area (Å²) in [6.45, 7) is 6.92. The second-order valence-electron chi connectivity index (χ2n) is 5.39. The average molecular weight is 337 g/mol. The van der Waals surface area contributed by atoms with Gasteiger partial charge in [0.25, 0.3) is 11.5 Å². The van der Waals surface area contributed by atoms with Crippen LogP contribution in [0.2, 0.25) is 0 Å². The minimum Gasteiger partial charge on any atom is -0.461 e. The fourth-order valence-electron chi connectivity index (χ4n) is 2.14. The molecule has 0 aromatic carbocycles. The summed E-state index contributed by atoms with van der Waals surface area (Å²) in [5.41, 5.74) is 5.41. The molecule has 0 aliphatic heterocycles. The van der Waals surface area contributed by atoms with Crippen molar-refractivity contribution >= 4 is 33.4 Å². The Hall–Kier alpha value is -2.22. The highest BCUT2D eigenvalue weighted by Gasteiger charge is 2.23. The summed E-state index contributed by atoms with van der Waals surface area (Å²) in [4.78, 5) is 41.1. The van der Waals surface area contributed by atoms with E-state index in [4.69, 9.17) is 10.5 Å². The Bertz CT molecular complexity index is 824. The molecule has 2 atom stereocenters. The Kier molecular flexibility index (Phi) is 4.84. The topological polar surface area (TPSA) is 104 Å². The van der Waals surface area contributed by atoms with E-state index in [1.807, 2.05) is 6.92 Å². The quantitative estimate of drug-likeness (QED) is 0.837. The van der Waals surface area contributed by atoms with E-state index in [1.54, 1.807) is 20.8 Å². The summed E-state index contributed by atoms with van der Waals surface area (Å²) in [5, 5.41) is 0.314. The SMILES string of the molecule is CC[C@@H](C)OC(=O)[C@@H](C)n1cnc2sc(C(N)=O)c(C)c2c1=O. The van der Waals surface area contributed by atoms with Gasteiger partial charge in [-0.25, -0.2) is 9.78 Å². The molecular weight excluding hydrogens is 318 g/mol. The lowest BCUT2D eigenvalue weighted by atomic mass is 10.2. The Balaban J connectivity index is 2.49. The van der Waals surface area contributed by atoms with Crippen LogP contribution in [0.25, 0.3) is 10.2 Å². The number of nitrogens with zero attached hydrogens (tertiary/aromatic N) is 2. The van der Waals surface area contributed by atoms with E-state index in [2.05, 4.69) is 4.98 Å². The number of primary amides is 1. The van der Waals surface area contributed by atoms with Gasteiger partial charge < -0.3 is 10.5 Å². The third-order valence-corrected chi connectivity index (χ3v) is 4.96. The first-order valence-electron chi connectivity index (χ1n) is 7.28. The van der Waals surface area contributed by atoms with Crippen LogP contribution >= 0.6 is 11.3 Å². The Morgan fingerprint density at radius 1 is 1.43 bits per heavy atom. The highest BCUT2D eigenvalue weighted by Crippen LogP contribution is 2.26. The van der Waals surface area contributed by atoms with Crippen molar-refractivity contribution in [2.75, 3.05) is 0 Å². The van der Waals surface area contributed by atoms with Crippen LogP contribution in [0.5, 0.6) is 0 Å². The summed E-state index contributed by atoms with van der Waals surface area (Å²) in [6.07, 6.45) is 1.77. The van der Waals surface area contributed by atoms with Gasteiger partial charge in [0.15, 0.2) is 0 Å². The minimum absolute atomic E-state index is 0.221. The number of aromatic nitrogens is 2. The van der Waals surface area contributed by atoms with Crippen molar-refractivity contribution in [3.05, 3.63) is 27.1 Å². The van der Waals surface area contributed by atoms with E-state index < -0.39 is 17.9 Å². The number of rotatable bonds is 5. The molecule has 0 radical (unpaired) electrons. The first-order valence-corrected chi connectivity index (χ1v) is 8.10. The summed E-state index contributed by atoms with van der Waals surface area (Å²) >= 11 is 1.07. The van der Waals surface area contributed by atoms with E-state index in [0.29, 0.717) is 27.1 Å². The second kappa shape index (κ2) is 6.49. The van der Waals surface area contributed by atoms with Gasteiger partial charge in [-0.15, -0.1) is 11.3 Å². The Labute approximate surface area is 137 Å². The zero-order chi connectivity index (χ0) is 17.3. The van der Waals surface area contributed by atoms with Crippen LogP contribution in [0.1, 0.15) is 48.5 Å². The average Bonchev–Trinajstić information content (AvgIpc) is 2.84. The van der Waals surface area contributed by atoms with Crippen molar-refractivity contribution in [3.8, 4) is 0 Å². The molecule has 2 rings (SSSR count). The lowest BCUT2D eigenvalue weighted by Crippen LogP contribution is -2.31. The molecular formula is C15H19N3O4S. The smallest absolute Gasteiger partial charge is 0.329 e. The van der Waals surface area contributed by atoms with Crippen LogP contribution in [0, 0.1) is 6.92 Å². The number of carbonyl (C=O) groups is 2. The standard InChI is InChI=1S/C15H19N3O4S/c1-5-7(2)22-15(21)9(4)18-6-17-13-10(14(18)20)8(3)11(23-13)12(16)19/h6-7,9H,5H2,1-4H3,(H2,16,19)/t7-,9-/m1/s1. The van der Waals surface area contributed by atoms with Gasteiger partial charge >= 0.3 is 5.97 Å². The molecule has 0 bridgehead atoms. The lowest BCUT2D eigenvalue weighted by Gasteiger charge is -2.17. The summed E-state index contributed by atoms with van der Waals surface area (Å²) < 4.78 is 6.48. The van der Waals surface area contributed by atoms with E-state index in [1.165, 1.54) is 10.9 Å². The van der Waals surface area contributed by atoms with Gasteiger partial charge in [-0.05, 0) is 32.8 Å². The first-order chi connectivity index (χ1) is 10.8. The molecule has 124 valence electrons. The molecule has 2 heterocycles. The molecule has 0 saturated carbocycles. The molecule has 2 N–H and O–H groups in total. The van der Waals surface area contributed by atoms with E-state index in [-0.39, 0.29) is 11.7 Å². The number of amides is 1. The highest BCUT2D eigenvalue weighted by atomic mass is 32.1. The molecule has 8 heteroatoms. The largest absolute Gasteiger partial charge is 0.461 e. The van der Waals surface area contributed by atoms with Crippen LogP contribution in [-0.2, 0) is 9.53 Å². The van der Waals surface area contributed by atoms with Gasteiger partial charge in [0, 0.05) is 0 Å². The number of hydrogen-bond donors (Lipinski definition) is 1. The highest BCUT2D eigenvalue weighted by molar-refractivity contribution is 7.20. The third-order valence-electron chi connectivity index (χ3n) is 3.75. The molecule has 0 aliphatic rings. The number of ether oxygens (including phenoxy) is 1. The molecule has 0 fully saturated rings. The van der Waals surface area contributed by atoms with E-state index in [0.717, 1.165) is 11.3 Å². The van der Waals surface area contributed by atoms with Gasteiger partial charge in [-0.3, -0.25) is 14.2 Å². The van der Waals surface area contributed by atoms with Crippen molar-refractivity contribution in [3.63, 3.8) is 0 Å². The summed E-state index contributed by atoms with van der Waals surface area (Å²) in [5.74, 6) is -1.09.